The number of hydrogen-bond donors (Lipinski definition) is 6. The van der Waals surface area contributed by atoms with Crippen LogP contribution in [0.25, 0.3) is 11.2 Å². The van der Waals surface area contributed by atoms with Crippen LogP contribution in [0.3, 0.4) is 0 Å². The molecule has 2 aromatic rings. The van der Waals surface area contributed by atoms with Crippen molar-refractivity contribution >= 4 is 49.9 Å². The third-order valence-corrected chi connectivity index (χ3v) is 10.4. The lowest BCUT2D eigenvalue weighted by atomic mass is 10.1. The summed E-state index contributed by atoms with van der Waals surface area (Å²) in [5.41, 5.74) is 0.101. The Morgan fingerprint density at radius 1 is 1.02 bits per heavy atom. The lowest BCUT2D eigenvalue weighted by molar-refractivity contribution is -0.0483. The maximum atomic E-state index is 12.4. The molecule has 0 saturated carbocycles. The Balaban J connectivity index is 1.53. The predicted octanol–water partition coefficient (Wildman–Crippen LogP) is 3.91. The molecule has 16 nitrogen and oxygen atoms in total. The molecule has 19 heteroatoms. The van der Waals surface area contributed by atoms with Crippen molar-refractivity contribution < 1.29 is 52.8 Å². The first-order chi connectivity index (χ1) is 20.3. The van der Waals surface area contributed by atoms with Gasteiger partial charge in [0.25, 0.3) is 0 Å². The molecule has 1 saturated heterocycles. The fraction of sp³-hybridized carbons (Fsp3) is 0.750. The van der Waals surface area contributed by atoms with Gasteiger partial charge >= 0.3 is 21.3 Å². The maximum absolute atomic E-state index is 12.4. The molecule has 5 atom stereocenters. The molecule has 0 spiro atoms. The average molecular weight is 672 g/mol. The molecule has 1 unspecified atom stereocenters. The van der Waals surface area contributed by atoms with Crippen LogP contribution in [0.4, 0.5) is 10.6 Å². The van der Waals surface area contributed by atoms with Crippen LogP contribution in [0, 0.1) is 0 Å². The van der Waals surface area contributed by atoms with Crippen LogP contribution in [-0.2, 0) is 23.1 Å². The molecule has 43 heavy (non-hydrogen) atoms. The van der Waals surface area contributed by atoms with Crippen LogP contribution in [0.5, 0.6) is 0 Å². The van der Waals surface area contributed by atoms with Gasteiger partial charge in [0.2, 0.25) is 5.28 Å². The normalized spacial score (nSPS) is 22.1. The largest absolute Gasteiger partial charge is 0.449 e. The summed E-state index contributed by atoms with van der Waals surface area (Å²) >= 11 is 6.06. The molecule has 1 amide bonds. The number of carbonyl (C=O) groups excluding carboxylic acids is 1. The summed E-state index contributed by atoms with van der Waals surface area (Å²) in [7, 11) is -9.59. The van der Waals surface area contributed by atoms with Gasteiger partial charge in [0.15, 0.2) is 29.1 Å². The second-order valence-electron chi connectivity index (χ2n) is 10.4. The van der Waals surface area contributed by atoms with Crippen molar-refractivity contribution in [2.75, 3.05) is 24.4 Å². The molecular weight excluding hydrogens is 632 g/mol. The maximum Gasteiger partial charge on any atom is 0.412 e. The van der Waals surface area contributed by atoms with E-state index in [1.54, 1.807) is 0 Å². The van der Waals surface area contributed by atoms with Gasteiger partial charge in [-0.05, 0) is 18.0 Å². The zero-order chi connectivity index (χ0) is 31.6. The molecule has 0 bridgehead atoms. The Kier molecular flexibility index (Phi) is 13.8. The fourth-order valence-corrected chi connectivity index (χ4v) is 7.34. The van der Waals surface area contributed by atoms with E-state index >= 15 is 0 Å². The van der Waals surface area contributed by atoms with Crippen LogP contribution in [0.1, 0.15) is 77.4 Å². The average Bonchev–Trinajstić information content (AvgIpc) is 3.45. The van der Waals surface area contributed by atoms with Gasteiger partial charge in [0.1, 0.15) is 18.3 Å². The van der Waals surface area contributed by atoms with Crippen molar-refractivity contribution in [3.05, 3.63) is 11.6 Å². The van der Waals surface area contributed by atoms with E-state index in [0.717, 1.165) is 19.3 Å². The molecule has 244 valence electrons. The summed E-state index contributed by atoms with van der Waals surface area (Å²) in [6.45, 7) is 1.66. The van der Waals surface area contributed by atoms with E-state index in [0.29, 0.717) is 6.42 Å². The highest BCUT2D eigenvalue weighted by Crippen LogP contribution is 2.55. The molecule has 1 aliphatic heterocycles. The van der Waals surface area contributed by atoms with Gasteiger partial charge in [0, 0.05) is 0 Å². The molecule has 1 fully saturated rings. The van der Waals surface area contributed by atoms with Gasteiger partial charge in [-0.3, -0.25) is 19.0 Å². The van der Waals surface area contributed by atoms with E-state index in [1.165, 1.54) is 49.4 Å². The Hall–Kier alpha value is -1.71. The molecule has 2 aromatic heterocycles. The van der Waals surface area contributed by atoms with Crippen molar-refractivity contribution in [1.29, 1.82) is 0 Å². The molecule has 3 heterocycles. The van der Waals surface area contributed by atoms with Crippen LogP contribution in [0.15, 0.2) is 6.33 Å². The number of aliphatic hydroxyl groups excluding tert-OH is 2. The van der Waals surface area contributed by atoms with Gasteiger partial charge in [-0.15, -0.1) is 0 Å². The minimum absolute atomic E-state index is 0.0251. The Morgan fingerprint density at radius 3 is 2.28 bits per heavy atom. The van der Waals surface area contributed by atoms with E-state index < -0.39 is 58.3 Å². The number of anilines is 1. The number of nitrogens with one attached hydrogen (secondary N) is 1. The van der Waals surface area contributed by atoms with Crippen LogP contribution >= 0.6 is 26.8 Å². The van der Waals surface area contributed by atoms with Gasteiger partial charge < -0.3 is 38.9 Å². The smallest absolute Gasteiger partial charge is 0.412 e. The minimum Gasteiger partial charge on any atom is -0.449 e. The number of unbranched alkanes of at least 4 members (excludes halogenated alkanes) is 9. The molecule has 6 N–H and O–H groups in total. The number of aromatic nitrogens is 4. The molecule has 0 aromatic carbocycles. The number of carbonyl (C=O) groups is 1. The summed E-state index contributed by atoms with van der Waals surface area (Å²) in [4.78, 5) is 52.2. The van der Waals surface area contributed by atoms with E-state index in [4.69, 9.17) is 35.4 Å². The highest BCUT2D eigenvalue weighted by Gasteiger charge is 2.45. The van der Waals surface area contributed by atoms with Crippen molar-refractivity contribution in [2.24, 2.45) is 0 Å². The lowest BCUT2D eigenvalue weighted by Crippen LogP contribution is -2.33. The van der Waals surface area contributed by atoms with Crippen molar-refractivity contribution in [2.45, 2.75) is 95.7 Å². The first kappa shape index (κ1) is 35.8. The molecule has 0 aliphatic carbocycles. The standard InChI is InChI=1S/C24H40ClN5O11P2/c1-2-3-4-5-6-7-8-9-10-11-12-39-24(33)28-20-17-21(29-23(25)27-20)30(14-26-17)22-19(32)18(31)16(41-22)13-40-43(37,38)15-42(34,35)36/h14,16,18-19,22,31-32H,2-13,15H2,1H3,(H,37,38)(H2,34,35,36)(H,27,28,29,33)/t16-,18+,19+,22-/m1/s1. The predicted molar refractivity (Wildman–Crippen MR) is 156 cm³/mol. The summed E-state index contributed by atoms with van der Waals surface area (Å²) < 4.78 is 39.8. The second-order valence-corrected chi connectivity index (χ2v) is 14.7. The van der Waals surface area contributed by atoms with Crippen molar-refractivity contribution in [1.82, 2.24) is 19.5 Å². The number of nitrogens with zero attached hydrogens (tertiary/aromatic N) is 4. The van der Waals surface area contributed by atoms with Crippen molar-refractivity contribution in [3.63, 3.8) is 0 Å². The number of hydrogen-bond acceptors (Lipinski definition) is 11. The Bertz CT molecular complexity index is 1300. The topological polar surface area (TPSA) is 236 Å². The number of halogens is 1. The summed E-state index contributed by atoms with van der Waals surface area (Å²) in [6.07, 6.45) is 5.98. The van der Waals surface area contributed by atoms with E-state index in [-0.39, 0.29) is 28.9 Å². The van der Waals surface area contributed by atoms with Gasteiger partial charge in [0.05, 0.1) is 19.5 Å². The molecular formula is C24H40ClN5O11P2. The fourth-order valence-electron chi connectivity index (χ4n) is 4.61. The van der Waals surface area contributed by atoms with Gasteiger partial charge in [-0.1, -0.05) is 64.7 Å². The zero-order valence-corrected chi connectivity index (χ0v) is 26.4. The highest BCUT2D eigenvalue weighted by molar-refractivity contribution is 7.70. The van der Waals surface area contributed by atoms with E-state index in [2.05, 4.69) is 27.2 Å². The van der Waals surface area contributed by atoms with Crippen LogP contribution in [-0.4, -0.2) is 87.9 Å². The highest BCUT2D eigenvalue weighted by atomic mass is 35.5. The number of ether oxygens (including phenoxy) is 2. The summed E-state index contributed by atoms with van der Waals surface area (Å²) in [6, 6.07) is 0. The van der Waals surface area contributed by atoms with Crippen LogP contribution in [0.2, 0.25) is 5.28 Å². The number of amides is 1. The Labute approximate surface area is 253 Å². The third-order valence-electron chi connectivity index (χ3n) is 6.76. The SMILES string of the molecule is CCCCCCCCCCCCOC(=O)Nc1nc(Cl)nc2c1ncn2[C@@H]1O[C@H](COP(=O)(O)CP(=O)(O)O)[C@H](O)[C@@H]1O. The zero-order valence-electron chi connectivity index (χ0n) is 23.8. The quantitative estimate of drug-likeness (QED) is 0.0749. The lowest BCUT2D eigenvalue weighted by Gasteiger charge is -2.18. The van der Waals surface area contributed by atoms with E-state index in [9.17, 15) is 29.0 Å². The van der Waals surface area contributed by atoms with Crippen LogP contribution < -0.4 is 5.32 Å². The summed E-state index contributed by atoms with van der Waals surface area (Å²) in [5.74, 6) is -1.48. The van der Waals surface area contributed by atoms with Gasteiger partial charge in [-0.25, -0.2) is 9.78 Å². The minimum atomic E-state index is -4.86. The number of imidazole rings is 1. The number of fused-ring (bicyclic) bond motifs is 1. The molecule has 0 radical (unpaired) electrons. The summed E-state index contributed by atoms with van der Waals surface area (Å²) in [5, 5.41) is 23.2. The van der Waals surface area contributed by atoms with Crippen molar-refractivity contribution in [3.8, 4) is 0 Å². The molecule has 1 aliphatic rings. The first-order valence-corrected chi connectivity index (χ1v) is 18.1. The number of rotatable bonds is 18. The number of aliphatic hydroxyl groups is 2. The Morgan fingerprint density at radius 2 is 1.65 bits per heavy atom. The first-order valence-electron chi connectivity index (χ1n) is 14.2. The monoisotopic (exact) mass is 671 g/mol. The second kappa shape index (κ2) is 16.6. The molecule has 3 rings (SSSR count). The van der Waals surface area contributed by atoms with Gasteiger partial charge in [-0.2, -0.15) is 9.97 Å². The third kappa shape index (κ3) is 11.3. The van der Waals surface area contributed by atoms with E-state index in [1.807, 2.05) is 0 Å².